The summed E-state index contributed by atoms with van der Waals surface area (Å²) in [6, 6.07) is 8.12. The number of amides is 1. The smallest absolute Gasteiger partial charge is 0.417 e. The van der Waals surface area contributed by atoms with Crippen molar-refractivity contribution in [2.24, 2.45) is 0 Å². The van der Waals surface area contributed by atoms with Gasteiger partial charge in [0.2, 0.25) is 0 Å². The largest absolute Gasteiger partial charge is 0.464 e. The van der Waals surface area contributed by atoms with Crippen LogP contribution < -0.4 is 0 Å². The highest BCUT2D eigenvalue weighted by molar-refractivity contribution is 7.96. The van der Waals surface area contributed by atoms with Crippen LogP contribution in [0.3, 0.4) is 0 Å². The molecule has 0 radical (unpaired) electrons. The van der Waals surface area contributed by atoms with Gasteiger partial charge in [-0.05, 0) is 31.4 Å². The maximum Gasteiger partial charge on any atom is 0.417 e. The minimum Gasteiger partial charge on any atom is -0.464 e. The Morgan fingerprint density at radius 1 is 1.40 bits per heavy atom. The third-order valence-electron chi connectivity index (χ3n) is 2.01. The molecule has 0 unspecified atom stereocenters. The van der Waals surface area contributed by atoms with Gasteiger partial charge in [0.1, 0.15) is 0 Å². The molecule has 0 aromatic heterocycles. The summed E-state index contributed by atoms with van der Waals surface area (Å²) in [5.74, 6) is 0.695. The highest BCUT2D eigenvalue weighted by Gasteiger charge is 2.09. The van der Waals surface area contributed by atoms with Crippen molar-refractivity contribution in [1.82, 2.24) is 4.31 Å². The summed E-state index contributed by atoms with van der Waals surface area (Å²) >= 11 is 1.32. The quantitative estimate of drug-likeness (QED) is 0.800. The molecule has 82 valence electrons. The van der Waals surface area contributed by atoms with Gasteiger partial charge in [-0.3, -0.25) is 4.31 Å². The van der Waals surface area contributed by atoms with Gasteiger partial charge in [-0.25, -0.2) is 4.79 Å². The molecule has 1 aromatic rings. The van der Waals surface area contributed by atoms with Crippen LogP contribution in [-0.4, -0.2) is 22.0 Å². The monoisotopic (exact) mass is 225 g/mol. The van der Waals surface area contributed by atoms with Crippen molar-refractivity contribution in [3.8, 4) is 0 Å². The second-order valence-corrected chi connectivity index (χ2v) is 4.22. The molecule has 0 fully saturated rings. The molecule has 15 heavy (non-hydrogen) atoms. The molecule has 0 bridgehead atoms. The van der Waals surface area contributed by atoms with Gasteiger partial charge in [0.05, 0.1) is 0 Å². The first kappa shape index (κ1) is 11.9. The van der Waals surface area contributed by atoms with E-state index in [1.54, 1.807) is 0 Å². The van der Waals surface area contributed by atoms with Gasteiger partial charge in [-0.15, -0.1) is 0 Å². The Bertz CT molecular complexity index is 324. The lowest BCUT2D eigenvalue weighted by molar-refractivity contribution is 0.176. The molecule has 0 saturated heterocycles. The molecule has 1 aromatic carbocycles. The van der Waals surface area contributed by atoms with Gasteiger partial charge < -0.3 is 5.11 Å². The lowest BCUT2D eigenvalue weighted by atomic mass is 10.2. The van der Waals surface area contributed by atoms with Crippen molar-refractivity contribution in [2.45, 2.75) is 19.6 Å². The van der Waals surface area contributed by atoms with E-state index in [4.69, 9.17) is 5.11 Å². The standard InChI is InChI=1S/C11H15NO2S/c1-3-12(11(13)14)15-8-10-6-4-9(2)5-7-10/h4-7H,3,8H2,1-2H3,(H,13,14). The lowest BCUT2D eigenvalue weighted by Gasteiger charge is -2.14. The van der Waals surface area contributed by atoms with Gasteiger partial charge >= 0.3 is 6.09 Å². The summed E-state index contributed by atoms with van der Waals surface area (Å²) in [4.78, 5) is 10.7. The summed E-state index contributed by atoms with van der Waals surface area (Å²) in [5.41, 5.74) is 2.36. The number of benzene rings is 1. The first-order valence-corrected chi connectivity index (χ1v) is 5.76. The highest BCUT2D eigenvalue weighted by Crippen LogP contribution is 2.17. The molecular weight excluding hydrogens is 210 g/mol. The fourth-order valence-electron chi connectivity index (χ4n) is 1.12. The molecule has 1 N–H and O–H groups in total. The molecule has 0 atom stereocenters. The van der Waals surface area contributed by atoms with E-state index in [2.05, 4.69) is 0 Å². The number of carboxylic acid groups (broad SMARTS) is 1. The minimum absolute atomic E-state index is 0.506. The molecule has 4 heteroatoms. The van der Waals surface area contributed by atoms with Crippen molar-refractivity contribution in [3.63, 3.8) is 0 Å². The zero-order valence-electron chi connectivity index (χ0n) is 8.93. The Kier molecular flexibility index (Phi) is 4.49. The van der Waals surface area contributed by atoms with E-state index in [1.165, 1.54) is 21.8 Å². The Hall–Kier alpha value is -1.16. The van der Waals surface area contributed by atoms with Gasteiger partial charge in [0.25, 0.3) is 0 Å². The maximum absolute atomic E-state index is 10.7. The molecular formula is C11H15NO2S. The molecule has 0 aliphatic carbocycles. The Morgan fingerprint density at radius 2 is 2.00 bits per heavy atom. The van der Waals surface area contributed by atoms with E-state index in [0.29, 0.717) is 12.3 Å². The van der Waals surface area contributed by atoms with Crippen molar-refractivity contribution >= 4 is 18.0 Å². The van der Waals surface area contributed by atoms with Gasteiger partial charge in [-0.1, -0.05) is 29.8 Å². The van der Waals surface area contributed by atoms with Gasteiger partial charge in [0, 0.05) is 12.3 Å². The number of carbonyl (C=O) groups is 1. The minimum atomic E-state index is -0.880. The van der Waals surface area contributed by atoms with Crippen LogP contribution in [0, 0.1) is 6.92 Å². The van der Waals surface area contributed by atoms with E-state index in [0.717, 1.165) is 5.56 Å². The van der Waals surface area contributed by atoms with E-state index in [-0.39, 0.29) is 0 Å². The number of hydrogen-bond acceptors (Lipinski definition) is 2. The summed E-state index contributed by atoms with van der Waals surface area (Å²) in [6.07, 6.45) is -0.880. The Morgan fingerprint density at radius 3 is 2.47 bits per heavy atom. The van der Waals surface area contributed by atoms with Crippen LogP contribution in [-0.2, 0) is 5.75 Å². The van der Waals surface area contributed by atoms with Crippen LogP contribution in [0.25, 0.3) is 0 Å². The first-order chi connectivity index (χ1) is 7.13. The van der Waals surface area contributed by atoms with Crippen LogP contribution in [0.4, 0.5) is 4.79 Å². The number of aryl methyl sites for hydroxylation is 1. The van der Waals surface area contributed by atoms with Crippen molar-refractivity contribution in [3.05, 3.63) is 35.4 Å². The SMILES string of the molecule is CCN(SCc1ccc(C)cc1)C(=O)O. The predicted octanol–water partition coefficient (Wildman–Crippen LogP) is 3.14. The third kappa shape index (κ3) is 3.83. The fourth-order valence-corrected chi connectivity index (χ4v) is 1.91. The predicted molar refractivity (Wildman–Crippen MR) is 62.9 cm³/mol. The molecule has 0 aliphatic rings. The van der Waals surface area contributed by atoms with E-state index < -0.39 is 6.09 Å². The number of rotatable bonds is 4. The van der Waals surface area contributed by atoms with Crippen LogP contribution >= 0.6 is 11.9 Å². The summed E-state index contributed by atoms with van der Waals surface area (Å²) in [6.45, 7) is 4.37. The molecule has 3 nitrogen and oxygen atoms in total. The van der Waals surface area contributed by atoms with E-state index in [1.807, 2.05) is 38.1 Å². The molecule has 0 spiro atoms. The molecule has 0 heterocycles. The molecule has 1 amide bonds. The molecule has 1 rings (SSSR count). The highest BCUT2D eigenvalue weighted by atomic mass is 32.2. The first-order valence-electron chi connectivity index (χ1n) is 4.82. The molecule has 0 saturated carbocycles. The molecule has 0 aliphatic heterocycles. The Labute approximate surface area is 94.2 Å². The van der Waals surface area contributed by atoms with Crippen molar-refractivity contribution in [1.29, 1.82) is 0 Å². The maximum atomic E-state index is 10.7. The topological polar surface area (TPSA) is 40.5 Å². The second-order valence-electron chi connectivity index (χ2n) is 3.24. The third-order valence-corrected chi connectivity index (χ3v) is 3.20. The van der Waals surface area contributed by atoms with E-state index >= 15 is 0 Å². The summed E-state index contributed by atoms with van der Waals surface area (Å²) < 4.78 is 1.33. The number of hydrogen-bond donors (Lipinski definition) is 1. The summed E-state index contributed by atoms with van der Waals surface area (Å²) in [7, 11) is 0. The van der Waals surface area contributed by atoms with Crippen LogP contribution in [0.1, 0.15) is 18.1 Å². The average molecular weight is 225 g/mol. The van der Waals surface area contributed by atoms with Crippen molar-refractivity contribution < 1.29 is 9.90 Å². The van der Waals surface area contributed by atoms with Crippen LogP contribution in [0.2, 0.25) is 0 Å². The lowest BCUT2D eigenvalue weighted by Crippen LogP contribution is -2.21. The van der Waals surface area contributed by atoms with E-state index in [9.17, 15) is 4.79 Å². The van der Waals surface area contributed by atoms with Gasteiger partial charge in [0.15, 0.2) is 0 Å². The van der Waals surface area contributed by atoms with Crippen LogP contribution in [0.5, 0.6) is 0 Å². The Balaban J connectivity index is 2.49. The number of nitrogens with zero attached hydrogens (tertiary/aromatic N) is 1. The average Bonchev–Trinajstić information content (AvgIpc) is 2.21. The fraction of sp³-hybridized carbons (Fsp3) is 0.364. The van der Waals surface area contributed by atoms with Crippen LogP contribution in [0.15, 0.2) is 24.3 Å². The van der Waals surface area contributed by atoms with Gasteiger partial charge in [-0.2, -0.15) is 0 Å². The zero-order chi connectivity index (χ0) is 11.3. The van der Waals surface area contributed by atoms with Crippen molar-refractivity contribution in [2.75, 3.05) is 6.54 Å². The second kappa shape index (κ2) is 5.66. The normalized spacial score (nSPS) is 10.0. The summed E-state index contributed by atoms with van der Waals surface area (Å²) in [5, 5.41) is 8.80. The zero-order valence-corrected chi connectivity index (χ0v) is 9.75.